The summed E-state index contributed by atoms with van der Waals surface area (Å²) in [5.74, 6) is -0.00384. The van der Waals surface area contributed by atoms with E-state index in [2.05, 4.69) is 10.9 Å². The molecule has 3 aromatic rings. The van der Waals surface area contributed by atoms with Crippen LogP contribution in [0.4, 0.5) is 0 Å². The molecule has 27 heavy (non-hydrogen) atoms. The molecule has 2 N–H and O–H groups in total. The zero-order chi connectivity index (χ0) is 19.2. The number of benzene rings is 2. The lowest BCUT2D eigenvalue weighted by Gasteiger charge is -2.07. The van der Waals surface area contributed by atoms with Crippen LogP contribution in [-0.4, -0.2) is 11.8 Å². The SMILES string of the molecule is O=C(NNC(=O)c1ccc(Cl)cc1Cl)c1ccc(COc2ccccc2)o1. The molecule has 3 rings (SSSR count). The van der Waals surface area contributed by atoms with Crippen molar-refractivity contribution in [2.24, 2.45) is 0 Å². The highest BCUT2D eigenvalue weighted by molar-refractivity contribution is 6.36. The summed E-state index contributed by atoms with van der Waals surface area (Å²) < 4.78 is 11.0. The van der Waals surface area contributed by atoms with E-state index in [1.807, 2.05) is 30.3 Å². The van der Waals surface area contributed by atoms with Crippen LogP contribution in [-0.2, 0) is 6.61 Å². The van der Waals surface area contributed by atoms with E-state index in [1.54, 1.807) is 6.07 Å². The van der Waals surface area contributed by atoms with Crippen LogP contribution >= 0.6 is 23.2 Å². The lowest BCUT2D eigenvalue weighted by atomic mass is 10.2. The molecule has 0 aliphatic carbocycles. The van der Waals surface area contributed by atoms with Crippen LogP contribution in [0.1, 0.15) is 26.7 Å². The van der Waals surface area contributed by atoms with Crippen molar-refractivity contribution in [2.75, 3.05) is 0 Å². The number of halogens is 2. The third kappa shape index (κ3) is 5.03. The number of hydrazine groups is 1. The lowest BCUT2D eigenvalue weighted by molar-refractivity contribution is 0.0828. The number of hydrogen-bond acceptors (Lipinski definition) is 4. The fourth-order valence-electron chi connectivity index (χ4n) is 2.16. The van der Waals surface area contributed by atoms with Gasteiger partial charge < -0.3 is 9.15 Å². The molecule has 1 aromatic heterocycles. The Morgan fingerprint density at radius 2 is 1.67 bits per heavy atom. The van der Waals surface area contributed by atoms with Crippen LogP contribution in [0.15, 0.2) is 65.1 Å². The second-order valence-corrected chi connectivity index (χ2v) is 6.24. The van der Waals surface area contributed by atoms with E-state index in [4.69, 9.17) is 32.4 Å². The Morgan fingerprint density at radius 3 is 2.41 bits per heavy atom. The molecule has 0 bridgehead atoms. The molecule has 2 amide bonds. The molecule has 0 unspecified atom stereocenters. The summed E-state index contributed by atoms with van der Waals surface area (Å²) in [6.07, 6.45) is 0. The van der Waals surface area contributed by atoms with E-state index in [1.165, 1.54) is 24.3 Å². The Bertz CT molecular complexity index is 957. The van der Waals surface area contributed by atoms with E-state index < -0.39 is 11.8 Å². The standard InChI is InChI=1S/C19H14Cl2N2O4/c20-12-6-8-15(16(21)10-12)18(24)22-23-19(25)17-9-7-14(27-17)11-26-13-4-2-1-3-5-13/h1-10H,11H2,(H,22,24)(H,23,25). The van der Waals surface area contributed by atoms with E-state index in [0.29, 0.717) is 16.5 Å². The summed E-state index contributed by atoms with van der Waals surface area (Å²) in [6.45, 7) is 0.171. The number of amides is 2. The molecule has 138 valence electrons. The van der Waals surface area contributed by atoms with Gasteiger partial charge in [-0.05, 0) is 42.5 Å². The van der Waals surface area contributed by atoms with Gasteiger partial charge in [-0.3, -0.25) is 20.4 Å². The maximum atomic E-state index is 12.1. The van der Waals surface area contributed by atoms with Gasteiger partial charge in [0.2, 0.25) is 0 Å². The fraction of sp³-hybridized carbons (Fsp3) is 0.0526. The Kier molecular flexibility index (Phi) is 6.01. The van der Waals surface area contributed by atoms with Crippen LogP contribution in [0.2, 0.25) is 10.0 Å². The van der Waals surface area contributed by atoms with E-state index in [0.717, 1.165) is 0 Å². The Hall–Kier alpha value is -2.96. The Labute approximate surface area is 165 Å². The van der Waals surface area contributed by atoms with Crippen molar-refractivity contribution in [3.8, 4) is 5.75 Å². The highest BCUT2D eigenvalue weighted by atomic mass is 35.5. The molecule has 0 atom stereocenters. The number of carbonyl (C=O) groups excluding carboxylic acids is 2. The summed E-state index contributed by atoms with van der Waals surface area (Å²) in [4.78, 5) is 24.2. The average molecular weight is 405 g/mol. The monoisotopic (exact) mass is 404 g/mol. The van der Waals surface area contributed by atoms with Gasteiger partial charge in [-0.15, -0.1) is 0 Å². The van der Waals surface area contributed by atoms with Crippen LogP contribution in [0, 0.1) is 0 Å². The van der Waals surface area contributed by atoms with E-state index in [-0.39, 0.29) is 23.0 Å². The molecule has 0 saturated carbocycles. The average Bonchev–Trinajstić information content (AvgIpc) is 3.14. The molecular formula is C19H14Cl2N2O4. The van der Waals surface area contributed by atoms with Gasteiger partial charge in [0.1, 0.15) is 18.1 Å². The topological polar surface area (TPSA) is 80.6 Å². The number of furan rings is 1. The van der Waals surface area contributed by atoms with Crippen molar-refractivity contribution in [3.05, 3.63) is 87.8 Å². The largest absolute Gasteiger partial charge is 0.486 e. The number of para-hydroxylation sites is 1. The molecule has 0 aliphatic rings. The third-order valence-corrected chi connectivity index (χ3v) is 4.02. The Balaban J connectivity index is 1.54. The summed E-state index contributed by atoms with van der Waals surface area (Å²) in [5.41, 5.74) is 4.71. The third-order valence-electron chi connectivity index (χ3n) is 3.48. The molecule has 0 spiro atoms. The molecule has 0 fully saturated rings. The molecule has 0 radical (unpaired) electrons. The Morgan fingerprint density at radius 1 is 0.926 bits per heavy atom. The predicted molar refractivity (Wildman–Crippen MR) is 101 cm³/mol. The lowest BCUT2D eigenvalue weighted by Crippen LogP contribution is -2.41. The molecule has 0 saturated heterocycles. The minimum absolute atomic E-state index is 0.0316. The molecule has 1 heterocycles. The number of carbonyl (C=O) groups is 2. The van der Waals surface area contributed by atoms with Gasteiger partial charge in [0.05, 0.1) is 10.6 Å². The summed E-state index contributed by atoms with van der Waals surface area (Å²) in [7, 11) is 0. The first-order valence-electron chi connectivity index (χ1n) is 7.85. The highest BCUT2D eigenvalue weighted by Gasteiger charge is 2.15. The second kappa shape index (κ2) is 8.62. The van der Waals surface area contributed by atoms with Crippen LogP contribution < -0.4 is 15.6 Å². The van der Waals surface area contributed by atoms with Crippen LogP contribution in [0.3, 0.4) is 0 Å². The van der Waals surface area contributed by atoms with Crippen molar-refractivity contribution in [3.63, 3.8) is 0 Å². The second-order valence-electron chi connectivity index (χ2n) is 5.40. The number of hydrogen-bond donors (Lipinski definition) is 2. The molecule has 0 aliphatic heterocycles. The molecule has 6 nitrogen and oxygen atoms in total. The smallest absolute Gasteiger partial charge is 0.305 e. The predicted octanol–water partition coefficient (Wildman–Crippen LogP) is 4.24. The fourth-order valence-corrected chi connectivity index (χ4v) is 2.66. The van der Waals surface area contributed by atoms with Gasteiger partial charge in [0.15, 0.2) is 5.76 Å². The number of nitrogens with one attached hydrogen (secondary N) is 2. The first-order chi connectivity index (χ1) is 13.0. The zero-order valence-electron chi connectivity index (χ0n) is 13.9. The van der Waals surface area contributed by atoms with Crippen molar-refractivity contribution < 1.29 is 18.7 Å². The van der Waals surface area contributed by atoms with Gasteiger partial charge in [0.25, 0.3) is 5.91 Å². The maximum absolute atomic E-state index is 12.1. The van der Waals surface area contributed by atoms with Crippen molar-refractivity contribution in [1.29, 1.82) is 0 Å². The number of ether oxygens (including phenoxy) is 1. The van der Waals surface area contributed by atoms with E-state index in [9.17, 15) is 9.59 Å². The first kappa shape index (κ1) is 18.8. The minimum atomic E-state index is -0.612. The summed E-state index contributed by atoms with van der Waals surface area (Å²) >= 11 is 11.7. The van der Waals surface area contributed by atoms with Crippen molar-refractivity contribution in [1.82, 2.24) is 10.9 Å². The van der Waals surface area contributed by atoms with Gasteiger partial charge in [-0.25, -0.2) is 0 Å². The van der Waals surface area contributed by atoms with E-state index >= 15 is 0 Å². The first-order valence-corrected chi connectivity index (χ1v) is 8.61. The summed E-state index contributed by atoms with van der Waals surface area (Å²) in [6, 6.07) is 16.7. The van der Waals surface area contributed by atoms with Crippen molar-refractivity contribution >= 4 is 35.0 Å². The van der Waals surface area contributed by atoms with Gasteiger partial charge >= 0.3 is 5.91 Å². The van der Waals surface area contributed by atoms with Crippen molar-refractivity contribution in [2.45, 2.75) is 6.61 Å². The maximum Gasteiger partial charge on any atom is 0.305 e. The normalized spacial score (nSPS) is 10.3. The van der Waals surface area contributed by atoms with Gasteiger partial charge in [-0.2, -0.15) is 0 Å². The summed E-state index contributed by atoms with van der Waals surface area (Å²) in [5, 5.41) is 0.578. The quantitative estimate of drug-likeness (QED) is 0.623. The van der Waals surface area contributed by atoms with Gasteiger partial charge in [0, 0.05) is 5.02 Å². The van der Waals surface area contributed by atoms with Gasteiger partial charge in [-0.1, -0.05) is 41.4 Å². The minimum Gasteiger partial charge on any atom is -0.486 e. The van der Waals surface area contributed by atoms with Crippen LogP contribution in [0.5, 0.6) is 5.75 Å². The molecule has 8 heteroatoms. The zero-order valence-corrected chi connectivity index (χ0v) is 15.4. The molecule has 2 aromatic carbocycles. The van der Waals surface area contributed by atoms with Crippen LogP contribution in [0.25, 0.3) is 0 Å². The number of rotatable bonds is 5. The highest BCUT2D eigenvalue weighted by Crippen LogP contribution is 2.20. The molecular weight excluding hydrogens is 391 g/mol.